The van der Waals surface area contributed by atoms with Gasteiger partial charge >= 0.3 is 6.03 Å². The predicted octanol–water partition coefficient (Wildman–Crippen LogP) is 3.53. The Morgan fingerprint density at radius 2 is 1.78 bits per heavy atom. The summed E-state index contributed by atoms with van der Waals surface area (Å²) in [6, 6.07) is 7.00. The number of morpholine rings is 1. The number of amides is 3. The van der Waals surface area contributed by atoms with Gasteiger partial charge in [-0.05, 0) is 53.7 Å². The first-order chi connectivity index (χ1) is 17.1. The molecule has 1 aromatic carbocycles. The molecule has 10 heteroatoms. The van der Waals surface area contributed by atoms with Gasteiger partial charge in [-0.1, -0.05) is 12.1 Å². The highest BCUT2D eigenvalue weighted by Crippen LogP contribution is 2.36. The minimum absolute atomic E-state index is 0.0220. The number of nitrogens with one attached hydrogen (secondary N) is 2. The number of aromatic nitrogens is 2. The topological polar surface area (TPSA) is 109 Å². The molecule has 3 amide bonds. The van der Waals surface area contributed by atoms with Gasteiger partial charge < -0.3 is 29.9 Å². The lowest BCUT2D eigenvalue weighted by atomic mass is 10.0. The number of carbonyl (C=O) groups excluding carboxylic acids is 2. The lowest BCUT2D eigenvalue weighted by Crippen LogP contribution is -2.46. The van der Waals surface area contributed by atoms with Gasteiger partial charge in [0.05, 0.1) is 24.4 Å². The van der Waals surface area contributed by atoms with Crippen LogP contribution >= 0.6 is 0 Å². The number of anilines is 2. The zero-order valence-corrected chi connectivity index (χ0v) is 21.9. The Morgan fingerprint density at radius 3 is 2.39 bits per heavy atom. The SMILES string of the molecule is CCNC(=O)Nc1ccc(-c2nc(N3C[C@@H](C)O[C@@H](C)C3)nc3c2C(=O)N(CC)CC(C)(C)O3)cc1. The van der Waals surface area contributed by atoms with Crippen molar-refractivity contribution < 1.29 is 19.1 Å². The van der Waals surface area contributed by atoms with Crippen LogP contribution in [-0.2, 0) is 4.74 Å². The van der Waals surface area contributed by atoms with Crippen LogP contribution in [0.3, 0.4) is 0 Å². The van der Waals surface area contributed by atoms with E-state index in [9.17, 15) is 9.59 Å². The van der Waals surface area contributed by atoms with E-state index in [1.807, 2.05) is 53.7 Å². The number of likely N-dealkylation sites (N-methyl/N-ethyl adjacent to an activating group) is 1. The van der Waals surface area contributed by atoms with Crippen molar-refractivity contribution in [1.82, 2.24) is 20.2 Å². The molecule has 0 aliphatic carbocycles. The van der Waals surface area contributed by atoms with Gasteiger partial charge in [0, 0.05) is 37.4 Å². The second-order valence-corrected chi connectivity index (χ2v) is 9.96. The Bertz CT molecular complexity index is 1110. The van der Waals surface area contributed by atoms with E-state index in [1.165, 1.54) is 0 Å². The summed E-state index contributed by atoms with van der Waals surface area (Å²) in [4.78, 5) is 39.1. The third-order valence-corrected chi connectivity index (χ3v) is 6.15. The molecular weight excluding hydrogens is 460 g/mol. The zero-order chi connectivity index (χ0) is 26.0. The van der Waals surface area contributed by atoms with Crippen LogP contribution in [0.4, 0.5) is 16.4 Å². The maximum atomic E-state index is 13.7. The predicted molar refractivity (Wildman–Crippen MR) is 139 cm³/mol. The van der Waals surface area contributed by atoms with Gasteiger partial charge in [-0.15, -0.1) is 0 Å². The van der Waals surface area contributed by atoms with Crippen LogP contribution in [0.25, 0.3) is 11.3 Å². The standard InChI is InChI=1S/C26H36N6O4/c1-7-27-25(34)28-19-11-9-18(10-12-19)21-20-22(36-26(5,6)15-31(8-2)23(20)33)30-24(29-21)32-13-16(3)35-17(4)14-32/h9-12,16-17H,7-8,13-15H2,1-6H3,(H2,27,28,34)/t16-,17+. The summed E-state index contributed by atoms with van der Waals surface area (Å²) in [5.74, 6) is 0.633. The molecule has 2 aliphatic rings. The molecule has 0 spiro atoms. The molecule has 36 heavy (non-hydrogen) atoms. The first-order valence-corrected chi connectivity index (χ1v) is 12.6. The van der Waals surface area contributed by atoms with Crippen LogP contribution in [0.15, 0.2) is 24.3 Å². The number of nitrogens with zero attached hydrogens (tertiary/aromatic N) is 4. The lowest BCUT2D eigenvalue weighted by Gasteiger charge is -2.35. The molecule has 3 heterocycles. The Morgan fingerprint density at radius 1 is 1.11 bits per heavy atom. The van der Waals surface area contributed by atoms with Crippen LogP contribution < -0.4 is 20.3 Å². The summed E-state index contributed by atoms with van der Waals surface area (Å²) in [6.07, 6.45) is 0.0441. The third-order valence-electron chi connectivity index (χ3n) is 6.15. The molecule has 2 aliphatic heterocycles. The van der Waals surface area contributed by atoms with Crippen molar-refractivity contribution in [3.63, 3.8) is 0 Å². The van der Waals surface area contributed by atoms with Gasteiger partial charge in [0.2, 0.25) is 11.8 Å². The van der Waals surface area contributed by atoms with E-state index in [0.717, 1.165) is 5.56 Å². The highest BCUT2D eigenvalue weighted by molar-refractivity contribution is 6.03. The van der Waals surface area contributed by atoms with Crippen molar-refractivity contribution in [3.8, 4) is 17.1 Å². The van der Waals surface area contributed by atoms with Crippen LogP contribution in [-0.4, -0.2) is 77.3 Å². The fourth-order valence-corrected chi connectivity index (χ4v) is 4.67. The van der Waals surface area contributed by atoms with E-state index in [0.29, 0.717) is 55.6 Å². The average Bonchev–Trinajstić information content (AvgIpc) is 2.91. The number of hydrogen-bond acceptors (Lipinski definition) is 7. The quantitative estimate of drug-likeness (QED) is 0.652. The van der Waals surface area contributed by atoms with Crippen LogP contribution in [0.1, 0.15) is 51.9 Å². The van der Waals surface area contributed by atoms with Crippen molar-refractivity contribution in [2.45, 2.75) is 59.4 Å². The molecule has 1 fully saturated rings. The average molecular weight is 497 g/mol. The van der Waals surface area contributed by atoms with E-state index in [4.69, 9.17) is 19.4 Å². The number of urea groups is 1. The van der Waals surface area contributed by atoms with Crippen molar-refractivity contribution in [2.24, 2.45) is 0 Å². The number of rotatable bonds is 5. The second-order valence-electron chi connectivity index (χ2n) is 9.96. The molecule has 1 saturated heterocycles. The van der Waals surface area contributed by atoms with Gasteiger partial charge in [0.15, 0.2) is 0 Å². The minimum atomic E-state index is -0.619. The van der Waals surface area contributed by atoms with E-state index in [2.05, 4.69) is 15.5 Å². The number of fused-ring (bicyclic) bond motifs is 1. The summed E-state index contributed by atoms with van der Waals surface area (Å²) in [7, 11) is 0. The van der Waals surface area contributed by atoms with Gasteiger partial charge in [-0.2, -0.15) is 4.98 Å². The Hall–Kier alpha value is -3.40. The van der Waals surface area contributed by atoms with E-state index in [-0.39, 0.29) is 30.0 Å². The number of carbonyl (C=O) groups is 2. The minimum Gasteiger partial charge on any atom is -0.469 e. The fourth-order valence-electron chi connectivity index (χ4n) is 4.67. The van der Waals surface area contributed by atoms with Crippen molar-refractivity contribution in [2.75, 3.05) is 42.9 Å². The van der Waals surface area contributed by atoms with Gasteiger partial charge in [0.25, 0.3) is 5.91 Å². The first kappa shape index (κ1) is 25.7. The van der Waals surface area contributed by atoms with E-state index < -0.39 is 5.60 Å². The van der Waals surface area contributed by atoms with Crippen molar-refractivity contribution in [3.05, 3.63) is 29.8 Å². The van der Waals surface area contributed by atoms with Gasteiger partial charge in [-0.3, -0.25) is 4.79 Å². The molecule has 10 nitrogen and oxygen atoms in total. The van der Waals surface area contributed by atoms with Crippen LogP contribution in [0.2, 0.25) is 0 Å². The van der Waals surface area contributed by atoms with E-state index in [1.54, 1.807) is 17.0 Å². The van der Waals surface area contributed by atoms with Crippen molar-refractivity contribution in [1.29, 1.82) is 0 Å². The smallest absolute Gasteiger partial charge is 0.319 e. The molecule has 0 unspecified atom stereocenters. The van der Waals surface area contributed by atoms with Gasteiger partial charge in [0.1, 0.15) is 11.2 Å². The molecule has 2 aromatic rings. The molecular formula is C26H36N6O4. The molecule has 2 atom stereocenters. The summed E-state index contributed by atoms with van der Waals surface area (Å²) < 4.78 is 12.3. The van der Waals surface area contributed by atoms with Crippen LogP contribution in [0.5, 0.6) is 5.88 Å². The third kappa shape index (κ3) is 5.53. The number of hydrogen-bond donors (Lipinski definition) is 2. The maximum Gasteiger partial charge on any atom is 0.319 e. The van der Waals surface area contributed by atoms with Crippen molar-refractivity contribution >= 4 is 23.6 Å². The molecule has 194 valence electrons. The first-order valence-electron chi connectivity index (χ1n) is 12.6. The summed E-state index contributed by atoms with van der Waals surface area (Å²) in [5, 5.41) is 5.51. The van der Waals surface area contributed by atoms with E-state index >= 15 is 0 Å². The summed E-state index contributed by atoms with van der Waals surface area (Å²) in [6.45, 7) is 14.6. The Labute approximate surface area is 212 Å². The monoisotopic (exact) mass is 496 g/mol. The molecule has 4 rings (SSSR count). The Kier molecular flexibility index (Phi) is 7.35. The summed E-state index contributed by atoms with van der Waals surface area (Å²) >= 11 is 0. The molecule has 0 bridgehead atoms. The highest BCUT2D eigenvalue weighted by atomic mass is 16.5. The largest absolute Gasteiger partial charge is 0.469 e. The fraction of sp³-hybridized carbons (Fsp3) is 0.538. The van der Waals surface area contributed by atoms with Crippen LogP contribution in [0, 0.1) is 0 Å². The zero-order valence-electron chi connectivity index (χ0n) is 21.9. The second kappa shape index (κ2) is 10.3. The normalized spacial score (nSPS) is 21.3. The maximum absolute atomic E-state index is 13.7. The molecule has 0 saturated carbocycles. The lowest BCUT2D eigenvalue weighted by molar-refractivity contribution is -0.00582. The summed E-state index contributed by atoms with van der Waals surface area (Å²) in [5.41, 5.74) is 1.61. The Balaban J connectivity index is 1.82. The number of ether oxygens (including phenoxy) is 2. The molecule has 1 aromatic heterocycles. The molecule has 2 N–H and O–H groups in total. The number of benzene rings is 1. The highest BCUT2D eigenvalue weighted by Gasteiger charge is 2.38. The van der Waals surface area contributed by atoms with Gasteiger partial charge in [-0.25, -0.2) is 9.78 Å². The molecule has 0 radical (unpaired) electrons.